The van der Waals surface area contributed by atoms with Gasteiger partial charge in [0.1, 0.15) is 0 Å². The fourth-order valence-electron chi connectivity index (χ4n) is 2.83. The van der Waals surface area contributed by atoms with E-state index in [0.717, 1.165) is 22.9 Å². The lowest BCUT2D eigenvalue weighted by molar-refractivity contribution is -0.137. The molecule has 31 heavy (non-hydrogen) atoms. The average Bonchev–Trinajstić information content (AvgIpc) is 2.98. The minimum Gasteiger partial charge on any atom is -0.265 e. The van der Waals surface area contributed by atoms with E-state index in [0.29, 0.717) is 23.4 Å². The fourth-order valence-corrected chi connectivity index (χ4v) is 2.83. The third-order valence-corrected chi connectivity index (χ3v) is 4.62. The third-order valence-electron chi connectivity index (χ3n) is 4.62. The first-order valence-corrected chi connectivity index (χ1v) is 9.66. The van der Waals surface area contributed by atoms with Crippen LogP contribution in [0.25, 0.3) is 11.3 Å². The molecule has 2 rings (SSSR count). The molecule has 0 atom stereocenters. The van der Waals surface area contributed by atoms with Gasteiger partial charge >= 0.3 is 6.18 Å². The van der Waals surface area contributed by atoms with Gasteiger partial charge in [-0.1, -0.05) is 51.0 Å². The molecule has 6 heteroatoms. The van der Waals surface area contributed by atoms with Crippen LogP contribution < -0.4 is 0 Å². The Hall–Kier alpha value is -3.51. The van der Waals surface area contributed by atoms with Crippen LogP contribution in [0.15, 0.2) is 54.7 Å². The van der Waals surface area contributed by atoms with Crippen molar-refractivity contribution in [1.29, 1.82) is 5.26 Å². The first-order valence-electron chi connectivity index (χ1n) is 9.66. The highest BCUT2D eigenvalue weighted by Gasteiger charge is 2.34. The second-order valence-electron chi connectivity index (χ2n) is 7.53. The molecule has 0 aliphatic carbocycles. The molecular weight excluding hydrogens is 399 g/mol. The Bertz CT molecular complexity index is 1140. The van der Waals surface area contributed by atoms with Crippen LogP contribution in [0.4, 0.5) is 13.2 Å². The van der Waals surface area contributed by atoms with Crippen molar-refractivity contribution in [2.45, 2.75) is 40.4 Å². The van der Waals surface area contributed by atoms with Crippen LogP contribution in [0.5, 0.6) is 0 Å². The summed E-state index contributed by atoms with van der Waals surface area (Å²) in [5.74, 6) is 6.25. The molecule has 0 aliphatic rings. The van der Waals surface area contributed by atoms with Crippen molar-refractivity contribution in [1.82, 2.24) is 9.78 Å². The molecule has 1 aromatic carbocycles. The number of alkyl halides is 3. The number of benzene rings is 1. The van der Waals surface area contributed by atoms with Gasteiger partial charge in [-0.3, -0.25) is 4.68 Å². The molecule has 1 heterocycles. The summed E-state index contributed by atoms with van der Waals surface area (Å²) in [6.07, 6.45) is -1.04. The number of nitrogens with zero attached hydrogens (tertiary/aromatic N) is 3. The predicted octanol–water partition coefficient (Wildman–Crippen LogP) is 6.39. The zero-order valence-corrected chi connectivity index (χ0v) is 18.1. The smallest absolute Gasteiger partial charge is 0.265 e. The topological polar surface area (TPSA) is 41.6 Å². The highest BCUT2D eigenvalue weighted by molar-refractivity contribution is 5.66. The summed E-state index contributed by atoms with van der Waals surface area (Å²) >= 11 is 0. The number of hydrogen-bond acceptors (Lipinski definition) is 2. The molecule has 0 N–H and O–H groups in total. The van der Waals surface area contributed by atoms with Gasteiger partial charge in [-0.05, 0) is 43.2 Å². The number of nitriles is 1. The summed E-state index contributed by atoms with van der Waals surface area (Å²) in [4.78, 5) is 0. The Kier molecular flexibility index (Phi) is 7.31. The van der Waals surface area contributed by atoms with E-state index >= 15 is 0 Å². The first-order chi connectivity index (χ1) is 14.4. The molecule has 2 aromatic rings. The van der Waals surface area contributed by atoms with Crippen LogP contribution in [0.1, 0.15) is 36.2 Å². The van der Waals surface area contributed by atoms with Gasteiger partial charge in [-0.2, -0.15) is 23.5 Å². The van der Waals surface area contributed by atoms with Crippen LogP contribution in [0.3, 0.4) is 0 Å². The summed E-state index contributed by atoms with van der Waals surface area (Å²) in [6.45, 7) is 15.9. The van der Waals surface area contributed by atoms with E-state index in [-0.39, 0.29) is 5.92 Å². The number of hydrogen-bond donors (Lipinski definition) is 0. The average molecular weight is 423 g/mol. The lowest BCUT2D eigenvalue weighted by atomic mass is 10.0. The Labute approximate surface area is 181 Å². The summed E-state index contributed by atoms with van der Waals surface area (Å²) < 4.78 is 41.7. The first kappa shape index (κ1) is 23.8. The van der Waals surface area contributed by atoms with Crippen LogP contribution in [-0.2, 0) is 12.7 Å². The second-order valence-corrected chi connectivity index (χ2v) is 7.53. The highest BCUT2D eigenvalue weighted by Crippen LogP contribution is 2.35. The quantitative estimate of drug-likeness (QED) is 0.413. The molecule has 3 nitrogen and oxygen atoms in total. The van der Waals surface area contributed by atoms with E-state index in [9.17, 15) is 13.2 Å². The van der Waals surface area contributed by atoms with Gasteiger partial charge in [0, 0.05) is 22.7 Å². The molecule has 0 fully saturated rings. The van der Waals surface area contributed by atoms with Crippen LogP contribution in [0, 0.1) is 42.9 Å². The minimum atomic E-state index is -4.62. The van der Waals surface area contributed by atoms with Gasteiger partial charge in [0.05, 0.1) is 29.4 Å². The Balaban J connectivity index is 2.31. The largest absolute Gasteiger partial charge is 0.417 e. The zero-order valence-electron chi connectivity index (χ0n) is 18.1. The van der Waals surface area contributed by atoms with Gasteiger partial charge < -0.3 is 0 Å². The summed E-state index contributed by atoms with van der Waals surface area (Å²) in [5.41, 5.74) is 2.38. The van der Waals surface area contributed by atoms with Crippen molar-refractivity contribution < 1.29 is 13.2 Å². The lowest BCUT2D eigenvalue weighted by Gasteiger charge is -2.10. The van der Waals surface area contributed by atoms with Gasteiger partial charge in [0.2, 0.25) is 0 Å². The molecule has 160 valence electrons. The molecule has 0 unspecified atom stereocenters. The van der Waals surface area contributed by atoms with Crippen molar-refractivity contribution >= 4 is 0 Å². The van der Waals surface area contributed by atoms with Gasteiger partial charge in [-0.15, -0.1) is 0 Å². The molecule has 0 amide bonds. The monoisotopic (exact) mass is 423 g/mol. The molecule has 0 saturated heterocycles. The second kappa shape index (κ2) is 9.53. The standard InChI is InChI=1S/C25H24F3N3/c1-16(2)7-8-17(3)9-10-18(4)15-31-20(6)19(5)24(30-31)21-11-12-22(14-29)23(13-21)25(26,27)28/h9-13,16H,3-4,15H2,1-2,5-6H3/b10-9-. The SMILES string of the molecule is C=C(C#CC(C)C)/C=C\C(=C)Cn1nc(-c2ccc(C#N)c(C(F)(F)F)c2)c(C)c1C. The van der Waals surface area contributed by atoms with E-state index in [4.69, 9.17) is 5.26 Å². The Morgan fingerprint density at radius 1 is 1.23 bits per heavy atom. The zero-order chi connectivity index (χ0) is 23.3. The van der Waals surface area contributed by atoms with Gasteiger partial charge in [0.25, 0.3) is 0 Å². The van der Waals surface area contributed by atoms with Gasteiger partial charge in [0.15, 0.2) is 0 Å². The van der Waals surface area contributed by atoms with E-state index in [2.05, 4.69) is 30.1 Å². The normalized spacial score (nSPS) is 11.3. The van der Waals surface area contributed by atoms with E-state index in [1.165, 1.54) is 12.1 Å². The molecule has 0 aliphatic heterocycles. The highest BCUT2D eigenvalue weighted by atomic mass is 19.4. The summed E-state index contributed by atoms with van der Waals surface area (Å²) in [6, 6.07) is 5.23. The number of aromatic nitrogens is 2. The molecule has 1 aromatic heterocycles. The molecule has 0 radical (unpaired) electrons. The van der Waals surface area contributed by atoms with Crippen LogP contribution in [0.2, 0.25) is 0 Å². The Morgan fingerprint density at radius 3 is 2.48 bits per heavy atom. The van der Waals surface area contributed by atoms with E-state index < -0.39 is 17.3 Å². The maximum atomic E-state index is 13.3. The van der Waals surface area contributed by atoms with Crippen LogP contribution >= 0.6 is 0 Å². The summed E-state index contributed by atoms with van der Waals surface area (Å²) in [7, 11) is 0. The summed E-state index contributed by atoms with van der Waals surface area (Å²) in [5, 5.41) is 13.5. The molecule has 0 spiro atoms. The van der Waals surface area contributed by atoms with Gasteiger partial charge in [-0.25, -0.2) is 0 Å². The van der Waals surface area contributed by atoms with Crippen LogP contribution in [-0.4, -0.2) is 9.78 Å². The Morgan fingerprint density at radius 2 is 1.90 bits per heavy atom. The molecular formula is C25H24F3N3. The van der Waals surface area contributed by atoms with Crippen molar-refractivity contribution in [2.24, 2.45) is 5.92 Å². The fraction of sp³-hybridized carbons (Fsp3) is 0.280. The van der Waals surface area contributed by atoms with Crippen molar-refractivity contribution in [2.75, 3.05) is 0 Å². The maximum Gasteiger partial charge on any atom is 0.417 e. The van der Waals surface area contributed by atoms with Crippen molar-refractivity contribution in [3.63, 3.8) is 0 Å². The minimum absolute atomic E-state index is 0.251. The van der Waals surface area contributed by atoms with Crippen molar-refractivity contribution in [3.8, 4) is 29.2 Å². The third kappa shape index (κ3) is 5.99. The lowest BCUT2D eigenvalue weighted by Crippen LogP contribution is -2.08. The van der Waals surface area contributed by atoms with Crippen molar-refractivity contribution in [3.05, 3.63) is 77.0 Å². The molecule has 0 bridgehead atoms. The number of rotatable bonds is 5. The molecule has 0 saturated carbocycles. The van der Waals surface area contributed by atoms with E-state index in [1.54, 1.807) is 22.9 Å². The number of halogens is 3. The van der Waals surface area contributed by atoms with E-state index in [1.807, 2.05) is 27.7 Å². The maximum absolute atomic E-state index is 13.3. The number of allylic oxidation sites excluding steroid dienone is 4. The predicted molar refractivity (Wildman–Crippen MR) is 117 cm³/mol.